The quantitative estimate of drug-likeness (QED) is 0.727. The maximum absolute atomic E-state index is 12.1. The Hall–Kier alpha value is -2.76. The van der Waals surface area contributed by atoms with Crippen LogP contribution in [0.3, 0.4) is 0 Å². The van der Waals surface area contributed by atoms with Crippen LogP contribution in [0.1, 0.15) is 30.1 Å². The van der Waals surface area contributed by atoms with E-state index in [1.807, 2.05) is 18.2 Å². The molecule has 0 aliphatic carbocycles. The fraction of sp³-hybridized carbons (Fsp3) is 0.333. The molecule has 0 spiro atoms. The standard InChI is InChI=1S/C18H23N3O3/c1-4-5-8-20-18(22)13-9-14(12-19-11-13)21-16-10-15(23-2)6-7-17(16)24-3/h6-7,9-12,21H,4-5,8H2,1-3H3,(H,20,22). The summed E-state index contributed by atoms with van der Waals surface area (Å²) in [6.07, 6.45) is 5.20. The van der Waals surface area contributed by atoms with Crippen LogP contribution in [0, 0.1) is 0 Å². The number of hydrogen-bond acceptors (Lipinski definition) is 5. The minimum Gasteiger partial charge on any atom is -0.497 e. The van der Waals surface area contributed by atoms with Crippen LogP contribution in [0.25, 0.3) is 0 Å². The highest BCUT2D eigenvalue weighted by atomic mass is 16.5. The summed E-state index contributed by atoms with van der Waals surface area (Å²) in [5.41, 5.74) is 1.95. The third-order valence-electron chi connectivity index (χ3n) is 3.50. The Morgan fingerprint density at radius 2 is 2.00 bits per heavy atom. The molecule has 0 bridgehead atoms. The van der Waals surface area contributed by atoms with E-state index in [2.05, 4.69) is 22.5 Å². The van der Waals surface area contributed by atoms with Crippen LogP contribution in [-0.2, 0) is 0 Å². The number of methoxy groups -OCH3 is 2. The summed E-state index contributed by atoms with van der Waals surface area (Å²) in [7, 11) is 3.21. The molecule has 0 saturated heterocycles. The number of ether oxygens (including phenoxy) is 2. The van der Waals surface area contributed by atoms with Crippen molar-refractivity contribution in [1.82, 2.24) is 10.3 Å². The summed E-state index contributed by atoms with van der Waals surface area (Å²) in [5, 5.41) is 6.09. The van der Waals surface area contributed by atoms with E-state index in [9.17, 15) is 4.79 Å². The highest BCUT2D eigenvalue weighted by Gasteiger charge is 2.09. The highest BCUT2D eigenvalue weighted by Crippen LogP contribution is 2.31. The zero-order chi connectivity index (χ0) is 17.4. The van der Waals surface area contributed by atoms with Gasteiger partial charge < -0.3 is 20.1 Å². The average Bonchev–Trinajstić information content (AvgIpc) is 2.62. The van der Waals surface area contributed by atoms with Gasteiger partial charge in [-0.15, -0.1) is 0 Å². The van der Waals surface area contributed by atoms with Crippen LogP contribution < -0.4 is 20.1 Å². The van der Waals surface area contributed by atoms with E-state index in [1.165, 1.54) is 0 Å². The molecule has 1 amide bonds. The van der Waals surface area contributed by atoms with E-state index in [-0.39, 0.29) is 5.91 Å². The zero-order valence-electron chi connectivity index (χ0n) is 14.3. The molecule has 2 aromatic rings. The van der Waals surface area contributed by atoms with E-state index in [0.29, 0.717) is 29.3 Å². The number of nitrogens with zero attached hydrogens (tertiary/aromatic N) is 1. The number of amides is 1. The number of carbonyl (C=O) groups excluding carboxylic acids is 1. The lowest BCUT2D eigenvalue weighted by Crippen LogP contribution is -2.24. The number of unbranched alkanes of at least 4 members (excludes halogenated alkanes) is 1. The van der Waals surface area contributed by atoms with Crippen LogP contribution in [-0.4, -0.2) is 31.7 Å². The number of hydrogen-bond donors (Lipinski definition) is 2. The molecule has 0 fully saturated rings. The van der Waals surface area contributed by atoms with Crippen molar-refractivity contribution in [3.8, 4) is 11.5 Å². The molecule has 0 radical (unpaired) electrons. The minimum absolute atomic E-state index is 0.128. The van der Waals surface area contributed by atoms with E-state index in [1.54, 1.807) is 32.7 Å². The summed E-state index contributed by atoms with van der Waals surface area (Å²) in [6, 6.07) is 7.22. The number of carbonyl (C=O) groups is 1. The molecule has 24 heavy (non-hydrogen) atoms. The van der Waals surface area contributed by atoms with Crippen molar-refractivity contribution in [2.75, 3.05) is 26.1 Å². The summed E-state index contributed by atoms with van der Waals surface area (Å²) in [5.74, 6) is 1.26. The second kappa shape index (κ2) is 8.76. The molecule has 6 heteroatoms. The van der Waals surface area contributed by atoms with Gasteiger partial charge in [0.15, 0.2) is 0 Å². The lowest BCUT2D eigenvalue weighted by Gasteiger charge is -2.13. The molecule has 0 aliphatic heterocycles. The summed E-state index contributed by atoms with van der Waals surface area (Å²) in [6.45, 7) is 2.75. The Bertz CT molecular complexity index is 689. The van der Waals surface area contributed by atoms with Crippen molar-refractivity contribution in [3.05, 3.63) is 42.2 Å². The van der Waals surface area contributed by atoms with Gasteiger partial charge >= 0.3 is 0 Å². The first-order valence-corrected chi connectivity index (χ1v) is 7.90. The Labute approximate surface area is 142 Å². The molecule has 1 aromatic carbocycles. The summed E-state index contributed by atoms with van der Waals surface area (Å²) >= 11 is 0. The zero-order valence-corrected chi connectivity index (χ0v) is 14.3. The van der Waals surface area contributed by atoms with Gasteiger partial charge in [-0.25, -0.2) is 0 Å². The van der Waals surface area contributed by atoms with Gasteiger partial charge in [0, 0.05) is 18.8 Å². The number of aromatic nitrogens is 1. The first-order valence-electron chi connectivity index (χ1n) is 7.90. The third kappa shape index (κ3) is 4.62. The van der Waals surface area contributed by atoms with E-state index in [0.717, 1.165) is 18.5 Å². The number of anilines is 2. The molecule has 1 aromatic heterocycles. The summed E-state index contributed by atoms with van der Waals surface area (Å²) in [4.78, 5) is 16.3. The second-order valence-electron chi connectivity index (χ2n) is 5.26. The molecule has 0 unspecified atom stereocenters. The van der Waals surface area contributed by atoms with E-state index < -0.39 is 0 Å². The first-order chi connectivity index (χ1) is 11.7. The molecule has 2 N–H and O–H groups in total. The van der Waals surface area contributed by atoms with Crippen LogP contribution in [0.5, 0.6) is 11.5 Å². The van der Waals surface area contributed by atoms with Gasteiger partial charge in [-0.3, -0.25) is 9.78 Å². The Kier molecular flexibility index (Phi) is 6.42. The van der Waals surface area contributed by atoms with Crippen molar-refractivity contribution in [2.45, 2.75) is 19.8 Å². The normalized spacial score (nSPS) is 10.1. The Morgan fingerprint density at radius 3 is 2.71 bits per heavy atom. The van der Waals surface area contributed by atoms with Gasteiger partial charge in [0.1, 0.15) is 11.5 Å². The molecule has 2 rings (SSSR count). The Morgan fingerprint density at radius 1 is 1.17 bits per heavy atom. The monoisotopic (exact) mass is 329 g/mol. The number of pyridine rings is 1. The van der Waals surface area contributed by atoms with Crippen molar-refractivity contribution in [3.63, 3.8) is 0 Å². The van der Waals surface area contributed by atoms with Gasteiger partial charge in [-0.1, -0.05) is 13.3 Å². The minimum atomic E-state index is -0.128. The van der Waals surface area contributed by atoms with Gasteiger partial charge in [-0.05, 0) is 24.6 Å². The fourth-order valence-electron chi connectivity index (χ4n) is 2.18. The van der Waals surface area contributed by atoms with Gasteiger partial charge in [0.05, 0.1) is 37.4 Å². The van der Waals surface area contributed by atoms with Gasteiger partial charge in [-0.2, -0.15) is 0 Å². The largest absolute Gasteiger partial charge is 0.497 e. The van der Waals surface area contributed by atoms with Crippen LogP contribution in [0.15, 0.2) is 36.7 Å². The molecular formula is C18H23N3O3. The topological polar surface area (TPSA) is 72.5 Å². The highest BCUT2D eigenvalue weighted by molar-refractivity contribution is 5.94. The van der Waals surface area contributed by atoms with Crippen LogP contribution in [0.2, 0.25) is 0 Å². The van der Waals surface area contributed by atoms with Crippen molar-refractivity contribution >= 4 is 17.3 Å². The number of rotatable bonds is 8. The smallest absolute Gasteiger partial charge is 0.252 e. The van der Waals surface area contributed by atoms with Crippen molar-refractivity contribution < 1.29 is 14.3 Å². The van der Waals surface area contributed by atoms with E-state index in [4.69, 9.17) is 9.47 Å². The van der Waals surface area contributed by atoms with Crippen LogP contribution in [0.4, 0.5) is 11.4 Å². The maximum Gasteiger partial charge on any atom is 0.252 e. The third-order valence-corrected chi connectivity index (χ3v) is 3.50. The summed E-state index contributed by atoms with van der Waals surface area (Å²) < 4.78 is 10.6. The van der Waals surface area contributed by atoms with Gasteiger partial charge in [0.2, 0.25) is 0 Å². The molecule has 1 heterocycles. The SMILES string of the molecule is CCCCNC(=O)c1cncc(Nc2cc(OC)ccc2OC)c1. The molecule has 128 valence electrons. The molecule has 6 nitrogen and oxygen atoms in total. The van der Waals surface area contributed by atoms with Crippen molar-refractivity contribution in [1.29, 1.82) is 0 Å². The molecular weight excluding hydrogens is 306 g/mol. The fourth-order valence-corrected chi connectivity index (χ4v) is 2.18. The number of benzene rings is 1. The predicted octanol–water partition coefficient (Wildman–Crippen LogP) is 3.37. The first kappa shape index (κ1) is 17.6. The molecule has 0 aliphatic rings. The Balaban J connectivity index is 2.16. The number of nitrogens with one attached hydrogen (secondary N) is 2. The van der Waals surface area contributed by atoms with Gasteiger partial charge in [0.25, 0.3) is 5.91 Å². The van der Waals surface area contributed by atoms with Crippen molar-refractivity contribution in [2.24, 2.45) is 0 Å². The maximum atomic E-state index is 12.1. The predicted molar refractivity (Wildman–Crippen MR) is 94.3 cm³/mol. The lowest BCUT2D eigenvalue weighted by molar-refractivity contribution is 0.0953. The molecule has 0 saturated carbocycles. The average molecular weight is 329 g/mol. The second-order valence-corrected chi connectivity index (χ2v) is 5.26. The van der Waals surface area contributed by atoms with Crippen LogP contribution >= 0.6 is 0 Å². The lowest BCUT2D eigenvalue weighted by atomic mass is 10.2. The van der Waals surface area contributed by atoms with E-state index >= 15 is 0 Å². The molecule has 0 atom stereocenters.